The molecule has 4 nitrogen and oxygen atoms in total. The van der Waals surface area contributed by atoms with E-state index in [4.69, 9.17) is 13.9 Å². The van der Waals surface area contributed by atoms with Crippen LogP contribution in [0.2, 0.25) is 0 Å². The molecule has 1 fully saturated rings. The van der Waals surface area contributed by atoms with Gasteiger partial charge < -0.3 is 13.9 Å². The Hall–Kier alpha value is -1.81. The lowest BCUT2D eigenvalue weighted by Gasteiger charge is -2.03. The van der Waals surface area contributed by atoms with Gasteiger partial charge in [-0.3, -0.25) is 0 Å². The summed E-state index contributed by atoms with van der Waals surface area (Å²) in [5.41, 5.74) is 1.26. The zero-order valence-corrected chi connectivity index (χ0v) is 7.60. The molecule has 0 N–H and O–H groups in total. The molecular formula is C11H6O4. The van der Waals surface area contributed by atoms with Gasteiger partial charge in [-0.15, -0.1) is 0 Å². The molecule has 2 aliphatic rings. The van der Waals surface area contributed by atoms with Gasteiger partial charge in [0, 0.05) is 23.1 Å². The fourth-order valence-electron chi connectivity index (χ4n) is 1.97. The van der Waals surface area contributed by atoms with Gasteiger partial charge in [0.05, 0.1) is 0 Å². The lowest BCUT2D eigenvalue weighted by Crippen LogP contribution is -1.96. The van der Waals surface area contributed by atoms with Crippen molar-refractivity contribution in [1.29, 1.82) is 0 Å². The zero-order valence-electron chi connectivity index (χ0n) is 7.60. The average molecular weight is 202 g/mol. The van der Waals surface area contributed by atoms with E-state index in [-0.39, 0.29) is 18.0 Å². The minimum absolute atomic E-state index is 0.0799. The first-order valence-corrected chi connectivity index (χ1v) is 4.71. The number of benzene rings is 1. The standard InChI is InChI=1S/C11H6O4/c12-9-2-1-5-3-6-8(4-7(5)13-9)14-11-10(6)15-11/h1-4,10-11H. The molecule has 1 saturated heterocycles. The molecule has 74 valence electrons. The maximum atomic E-state index is 11.0. The summed E-state index contributed by atoms with van der Waals surface area (Å²) in [7, 11) is 0. The Balaban J connectivity index is 2.08. The van der Waals surface area contributed by atoms with Crippen LogP contribution >= 0.6 is 0 Å². The molecule has 2 aliphatic heterocycles. The second-order valence-electron chi connectivity index (χ2n) is 3.73. The van der Waals surface area contributed by atoms with Crippen LogP contribution in [0, 0.1) is 0 Å². The highest BCUT2D eigenvalue weighted by Gasteiger charge is 2.50. The summed E-state index contributed by atoms with van der Waals surface area (Å²) < 4.78 is 15.7. The average Bonchev–Trinajstić information content (AvgIpc) is 2.89. The fraction of sp³-hybridized carbons (Fsp3) is 0.182. The lowest BCUT2D eigenvalue weighted by molar-refractivity contribution is 0.171. The van der Waals surface area contributed by atoms with Gasteiger partial charge in [0.25, 0.3) is 0 Å². The third-order valence-corrected chi connectivity index (χ3v) is 2.75. The monoisotopic (exact) mass is 202 g/mol. The molecule has 2 aromatic rings. The molecule has 0 radical (unpaired) electrons. The van der Waals surface area contributed by atoms with Crippen LogP contribution in [0.3, 0.4) is 0 Å². The lowest BCUT2D eigenvalue weighted by atomic mass is 10.1. The first kappa shape index (κ1) is 7.48. The van der Waals surface area contributed by atoms with Crippen molar-refractivity contribution < 1.29 is 13.9 Å². The molecule has 15 heavy (non-hydrogen) atoms. The van der Waals surface area contributed by atoms with E-state index in [0.29, 0.717) is 5.58 Å². The third kappa shape index (κ3) is 0.915. The van der Waals surface area contributed by atoms with Gasteiger partial charge in [-0.2, -0.15) is 0 Å². The van der Waals surface area contributed by atoms with E-state index in [0.717, 1.165) is 16.7 Å². The molecule has 1 aromatic heterocycles. The van der Waals surface area contributed by atoms with Gasteiger partial charge in [-0.05, 0) is 12.1 Å². The van der Waals surface area contributed by atoms with Crippen molar-refractivity contribution in [2.24, 2.45) is 0 Å². The van der Waals surface area contributed by atoms with Crippen LogP contribution in [0.1, 0.15) is 11.7 Å². The molecular weight excluding hydrogens is 196 g/mol. The summed E-state index contributed by atoms with van der Waals surface area (Å²) in [5.74, 6) is 0.762. The molecule has 0 saturated carbocycles. The fourth-order valence-corrected chi connectivity index (χ4v) is 1.97. The first-order valence-electron chi connectivity index (χ1n) is 4.71. The molecule has 4 rings (SSSR count). The molecule has 0 bridgehead atoms. The zero-order chi connectivity index (χ0) is 9.99. The van der Waals surface area contributed by atoms with Gasteiger partial charge in [-0.1, -0.05) is 0 Å². The van der Waals surface area contributed by atoms with E-state index in [1.54, 1.807) is 12.1 Å². The molecule has 0 aliphatic carbocycles. The molecule has 0 amide bonds. The van der Waals surface area contributed by atoms with Crippen molar-refractivity contribution in [2.45, 2.75) is 12.4 Å². The largest absolute Gasteiger partial charge is 0.461 e. The SMILES string of the molecule is O=c1ccc2cc3c(cc2o1)OC1OC31. The number of fused-ring (bicyclic) bond motifs is 4. The van der Waals surface area contributed by atoms with E-state index in [9.17, 15) is 4.79 Å². The Kier molecular flexibility index (Phi) is 1.11. The van der Waals surface area contributed by atoms with E-state index in [1.165, 1.54) is 6.07 Å². The van der Waals surface area contributed by atoms with Crippen LogP contribution in [-0.2, 0) is 4.74 Å². The van der Waals surface area contributed by atoms with Crippen LogP contribution < -0.4 is 10.4 Å². The Labute approximate surface area is 84.0 Å². The quantitative estimate of drug-likeness (QED) is 0.480. The highest BCUT2D eigenvalue weighted by molar-refractivity contribution is 5.80. The summed E-state index contributed by atoms with van der Waals surface area (Å²) in [4.78, 5) is 11.0. The van der Waals surface area contributed by atoms with Gasteiger partial charge >= 0.3 is 5.63 Å². The summed E-state index contributed by atoms with van der Waals surface area (Å²) in [6.45, 7) is 0. The van der Waals surface area contributed by atoms with E-state index >= 15 is 0 Å². The molecule has 3 heterocycles. The van der Waals surface area contributed by atoms with Crippen molar-refractivity contribution in [2.75, 3.05) is 0 Å². The van der Waals surface area contributed by atoms with Gasteiger partial charge in [0.2, 0.25) is 6.29 Å². The van der Waals surface area contributed by atoms with E-state index in [2.05, 4.69) is 0 Å². The second-order valence-corrected chi connectivity index (χ2v) is 3.73. The highest BCUT2D eigenvalue weighted by atomic mass is 16.8. The predicted octanol–water partition coefficient (Wildman–Crippen LogP) is 1.58. The van der Waals surface area contributed by atoms with Crippen LogP contribution in [0.4, 0.5) is 0 Å². The van der Waals surface area contributed by atoms with Crippen LogP contribution in [0.5, 0.6) is 5.75 Å². The van der Waals surface area contributed by atoms with Gasteiger partial charge in [0.15, 0.2) is 6.10 Å². The summed E-state index contributed by atoms with van der Waals surface area (Å²) in [5, 5.41) is 0.896. The first-order chi connectivity index (χ1) is 7.31. The third-order valence-electron chi connectivity index (χ3n) is 2.75. The summed E-state index contributed by atoms with van der Waals surface area (Å²) in [6, 6.07) is 6.86. The molecule has 4 heteroatoms. The van der Waals surface area contributed by atoms with E-state index in [1.807, 2.05) is 6.07 Å². The second kappa shape index (κ2) is 2.23. The molecule has 2 unspecified atom stereocenters. The Morgan fingerprint density at radius 1 is 1.20 bits per heavy atom. The van der Waals surface area contributed by atoms with Gasteiger partial charge in [0.1, 0.15) is 11.3 Å². The molecule has 2 atom stereocenters. The number of ether oxygens (including phenoxy) is 2. The van der Waals surface area contributed by atoms with Crippen LogP contribution in [-0.4, -0.2) is 6.29 Å². The number of rotatable bonds is 0. The van der Waals surface area contributed by atoms with Crippen molar-refractivity contribution in [3.8, 4) is 5.75 Å². The Bertz CT molecular complexity index is 628. The van der Waals surface area contributed by atoms with Gasteiger partial charge in [-0.25, -0.2) is 4.79 Å². The molecule has 0 spiro atoms. The maximum absolute atomic E-state index is 11.0. The molecule has 1 aromatic carbocycles. The number of epoxide rings is 1. The topological polar surface area (TPSA) is 52.0 Å². The van der Waals surface area contributed by atoms with Crippen molar-refractivity contribution in [3.63, 3.8) is 0 Å². The predicted molar refractivity (Wildman–Crippen MR) is 50.7 cm³/mol. The number of hydrogen-bond acceptors (Lipinski definition) is 4. The summed E-state index contributed by atoms with van der Waals surface area (Å²) in [6.07, 6.45) is -0.0418. The van der Waals surface area contributed by atoms with Crippen molar-refractivity contribution in [3.05, 3.63) is 40.2 Å². The summed E-state index contributed by atoms with van der Waals surface area (Å²) >= 11 is 0. The minimum atomic E-state index is -0.346. The Morgan fingerprint density at radius 3 is 3.07 bits per heavy atom. The van der Waals surface area contributed by atoms with Crippen molar-refractivity contribution in [1.82, 2.24) is 0 Å². The highest BCUT2D eigenvalue weighted by Crippen LogP contribution is 2.51. The maximum Gasteiger partial charge on any atom is 0.336 e. The van der Waals surface area contributed by atoms with E-state index < -0.39 is 0 Å². The smallest absolute Gasteiger partial charge is 0.336 e. The van der Waals surface area contributed by atoms with Crippen molar-refractivity contribution >= 4 is 11.0 Å². The number of hydrogen-bond donors (Lipinski definition) is 0. The normalized spacial score (nSPS) is 25.9. The Morgan fingerprint density at radius 2 is 2.13 bits per heavy atom. The van der Waals surface area contributed by atoms with Crippen LogP contribution in [0.25, 0.3) is 11.0 Å². The van der Waals surface area contributed by atoms with Crippen LogP contribution in [0.15, 0.2) is 33.5 Å². The minimum Gasteiger partial charge on any atom is -0.461 e.